The van der Waals surface area contributed by atoms with E-state index in [1.54, 1.807) is 6.92 Å². The third-order valence-electron chi connectivity index (χ3n) is 6.28. The Morgan fingerprint density at radius 2 is 1.97 bits per heavy atom. The van der Waals surface area contributed by atoms with Crippen molar-refractivity contribution in [2.75, 3.05) is 19.6 Å². The lowest BCUT2D eigenvalue weighted by Crippen LogP contribution is -2.34. The summed E-state index contributed by atoms with van der Waals surface area (Å²) in [7, 11) is 0. The van der Waals surface area contributed by atoms with Gasteiger partial charge in [-0.1, -0.05) is 42.5 Å². The SMILES string of the molecule is CC(=O)OC(C)C(C#N)c1nc2c(C3CCN(CCc4ccccc4)CC3)cccc2o1. The number of piperidine rings is 1. The van der Waals surface area contributed by atoms with E-state index in [1.807, 2.05) is 12.1 Å². The Hall–Kier alpha value is -3.17. The molecule has 2 unspecified atom stereocenters. The van der Waals surface area contributed by atoms with Crippen LogP contribution in [0.25, 0.3) is 11.1 Å². The Balaban J connectivity index is 1.45. The van der Waals surface area contributed by atoms with Gasteiger partial charge in [0.25, 0.3) is 0 Å². The predicted octanol–water partition coefficient (Wildman–Crippen LogP) is 4.81. The van der Waals surface area contributed by atoms with Crippen molar-refractivity contribution in [2.45, 2.75) is 51.0 Å². The molecule has 6 nitrogen and oxygen atoms in total. The minimum absolute atomic E-state index is 0.309. The number of hydrogen-bond donors (Lipinski definition) is 0. The molecule has 2 aromatic carbocycles. The van der Waals surface area contributed by atoms with Gasteiger partial charge in [0.15, 0.2) is 11.5 Å². The molecule has 0 saturated carbocycles. The molecule has 1 aliphatic heterocycles. The molecule has 0 radical (unpaired) electrons. The van der Waals surface area contributed by atoms with Gasteiger partial charge in [0.1, 0.15) is 11.6 Å². The van der Waals surface area contributed by atoms with E-state index in [2.05, 4.69) is 52.4 Å². The van der Waals surface area contributed by atoms with Crippen LogP contribution in [-0.4, -0.2) is 41.6 Å². The van der Waals surface area contributed by atoms with E-state index >= 15 is 0 Å². The van der Waals surface area contributed by atoms with Crippen LogP contribution >= 0.6 is 0 Å². The number of fused-ring (bicyclic) bond motifs is 1. The third kappa shape index (κ3) is 5.00. The number of likely N-dealkylation sites (tertiary alicyclic amines) is 1. The van der Waals surface area contributed by atoms with Crippen LogP contribution in [0.2, 0.25) is 0 Å². The molecular weight excluding hydrogens is 402 g/mol. The number of hydrogen-bond acceptors (Lipinski definition) is 6. The van der Waals surface area contributed by atoms with Crippen molar-refractivity contribution in [3.05, 3.63) is 65.5 Å². The number of aromatic nitrogens is 1. The van der Waals surface area contributed by atoms with Gasteiger partial charge in [-0.2, -0.15) is 5.26 Å². The fourth-order valence-corrected chi connectivity index (χ4v) is 4.54. The Kier molecular flexibility index (Phi) is 6.87. The topological polar surface area (TPSA) is 79.4 Å². The number of nitrogens with zero attached hydrogens (tertiary/aromatic N) is 3. The van der Waals surface area contributed by atoms with Gasteiger partial charge in [-0.25, -0.2) is 4.98 Å². The molecule has 4 rings (SSSR count). The fourth-order valence-electron chi connectivity index (χ4n) is 4.54. The smallest absolute Gasteiger partial charge is 0.302 e. The summed E-state index contributed by atoms with van der Waals surface area (Å²) in [6, 6.07) is 18.8. The highest BCUT2D eigenvalue weighted by molar-refractivity contribution is 5.77. The number of ether oxygens (including phenoxy) is 1. The molecule has 1 aromatic heterocycles. The molecular formula is C26H29N3O3. The molecule has 0 aliphatic carbocycles. The average Bonchev–Trinajstić information content (AvgIpc) is 3.22. The van der Waals surface area contributed by atoms with Gasteiger partial charge in [0.05, 0.1) is 6.07 Å². The molecule has 1 aliphatic rings. The summed E-state index contributed by atoms with van der Waals surface area (Å²) in [5.41, 5.74) is 4.06. The first-order valence-electron chi connectivity index (χ1n) is 11.3. The van der Waals surface area contributed by atoms with Gasteiger partial charge >= 0.3 is 5.97 Å². The molecule has 1 saturated heterocycles. The summed E-state index contributed by atoms with van der Waals surface area (Å²) in [5, 5.41) is 9.62. The van der Waals surface area contributed by atoms with Crippen LogP contribution in [-0.2, 0) is 16.0 Å². The largest absolute Gasteiger partial charge is 0.461 e. The number of rotatable bonds is 7. The molecule has 3 aromatic rings. The summed E-state index contributed by atoms with van der Waals surface area (Å²) in [5.74, 6) is -0.437. The second kappa shape index (κ2) is 9.97. The lowest BCUT2D eigenvalue weighted by Gasteiger charge is -2.32. The molecule has 166 valence electrons. The highest BCUT2D eigenvalue weighted by Crippen LogP contribution is 2.34. The van der Waals surface area contributed by atoms with Gasteiger partial charge in [0.2, 0.25) is 5.89 Å². The molecule has 0 spiro atoms. The summed E-state index contributed by atoms with van der Waals surface area (Å²) in [4.78, 5) is 18.5. The zero-order chi connectivity index (χ0) is 22.5. The van der Waals surface area contributed by atoms with E-state index in [9.17, 15) is 10.1 Å². The highest BCUT2D eigenvalue weighted by Gasteiger charge is 2.29. The molecule has 0 bridgehead atoms. The molecule has 2 atom stereocenters. The Labute approximate surface area is 188 Å². The van der Waals surface area contributed by atoms with Crippen molar-refractivity contribution in [3.63, 3.8) is 0 Å². The Morgan fingerprint density at radius 1 is 1.22 bits per heavy atom. The number of nitriles is 1. The standard InChI is InChI=1S/C26H29N3O3/c1-18(31-19(2)30)23(17-27)26-28-25-22(9-6-10-24(25)32-26)21-12-15-29(16-13-21)14-11-20-7-4-3-5-8-20/h3-10,18,21,23H,11-16H2,1-2H3. The van der Waals surface area contributed by atoms with Gasteiger partial charge < -0.3 is 14.1 Å². The lowest BCUT2D eigenvalue weighted by molar-refractivity contribution is -0.146. The van der Waals surface area contributed by atoms with Crippen LogP contribution in [0.4, 0.5) is 0 Å². The van der Waals surface area contributed by atoms with Gasteiger partial charge in [0, 0.05) is 13.5 Å². The number of esters is 1. The minimum atomic E-state index is -0.737. The van der Waals surface area contributed by atoms with Crippen molar-refractivity contribution in [1.29, 1.82) is 5.26 Å². The van der Waals surface area contributed by atoms with E-state index in [-0.39, 0.29) is 0 Å². The maximum absolute atomic E-state index is 11.3. The van der Waals surface area contributed by atoms with E-state index < -0.39 is 18.0 Å². The van der Waals surface area contributed by atoms with E-state index in [0.29, 0.717) is 17.4 Å². The summed E-state index contributed by atoms with van der Waals surface area (Å²) >= 11 is 0. The highest BCUT2D eigenvalue weighted by atomic mass is 16.5. The van der Waals surface area contributed by atoms with Crippen molar-refractivity contribution < 1.29 is 13.9 Å². The van der Waals surface area contributed by atoms with Crippen LogP contribution in [0, 0.1) is 11.3 Å². The van der Waals surface area contributed by atoms with Crippen molar-refractivity contribution in [1.82, 2.24) is 9.88 Å². The molecule has 2 heterocycles. The van der Waals surface area contributed by atoms with Crippen LogP contribution in [0.1, 0.15) is 55.5 Å². The maximum atomic E-state index is 11.3. The van der Waals surface area contributed by atoms with Crippen molar-refractivity contribution >= 4 is 17.1 Å². The second-order valence-electron chi connectivity index (χ2n) is 8.52. The average molecular weight is 432 g/mol. The first kappa shape index (κ1) is 22.0. The van der Waals surface area contributed by atoms with E-state index in [4.69, 9.17) is 9.15 Å². The number of carbonyl (C=O) groups is 1. The van der Waals surface area contributed by atoms with Crippen molar-refractivity contribution in [2.24, 2.45) is 0 Å². The summed E-state index contributed by atoms with van der Waals surface area (Å²) < 4.78 is 11.1. The number of carbonyl (C=O) groups excluding carboxylic acids is 1. The molecule has 32 heavy (non-hydrogen) atoms. The van der Waals surface area contributed by atoms with E-state index in [1.165, 1.54) is 18.1 Å². The predicted molar refractivity (Wildman–Crippen MR) is 122 cm³/mol. The normalized spacial score (nSPS) is 17.0. The zero-order valence-electron chi connectivity index (χ0n) is 18.7. The summed E-state index contributed by atoms with van der Waals surface area (Å²) in [6.07, 6.45) is 2.59. The number of para-hydroxylation sites is 1. The van der Waals surface area contributed by atoms with Crippen LogP contribution < -0.4 is 0 Å². The summed E-state index contributed by atoms with van der Waals surface area (Å²) in [6.45, 7) is 6.22. The first-order chi connectivity index (χ1) is 15.5. The van der Waals surface area contributed by atoms with Crippen LogP contribution in [0.5, 0.6) is 0 Å². The first-order valence-corrected chi connectivity index (χ1v) is 11.3. The van der Waals surface area contributed by atoms with Gasteiger partial charge in [-0.05, 0) is 62.4 Å². The quantitative estimate of drug-likeness (QED) is 0.500. The molecule has 1 fully saturated rings. The minimum Gasteiger partial charge on any atom is -0.461 e. The van der Waals surface area contributed by atoms with Gasteiger partial charge in [-0.15, -0.1) is 0 Å². The molecule has 6 heteroatoms. The zero-order valence-corrected chi connectivity index (χ0v) is 18.7. The number of benzene rings is 2. The van der Waals surface area contributed by atoms with Gasteiger partial charge in [-0.3, -0.25) is 4.79 Å². The Bertz CT molecular complexity index is 1090. The second-order valence-corrected chi connectivity index (χ2v) is 8.52. The monoisotopic (exact) mass is 431 g/mol. The fraction of sp³-hybridized carbons (Fsp3) is 0.423. The molecule has 0 amide bonds. The maximum Gasteiger partial charge on any atom is 0.302 e. The third-order valence-corrected chi connectivity index (χ3v) is 6.28. The number of oxazole rings is 1. The van der Waals surface area contributed by atoms with E-state index in [0.717, 1.165) is 44.4 Å². The molecule has 0 N–H and O–H groups in total. The van der Waals surface area contributed by atoms with Crippen LogP contribution in [0.3, 0.4) is 0 Å². The van der Waals surface area contributed by atoms with Crippen molar-refractivity contribution in [3.8, 4) is 6.07 Å². The van der Waals surface area contributed by atoms with Crippen LogP contribution in [0.15, 0.2) is 52.9 Å². The lowest BCUT2D eigenvalue weighted by atomic mass is 9.88. The Morgan fingerprint density at radius 3 is 2.66 bits per heavy atom.